The molecular weight excluding hydrogens is 410 g/mol. The fraction of sp³-hybridized carbons (Fsp3) is 0.800. The summed E-state index contributed by atoms with van der Waals surface area (Å²) in [6.45, 7) is 16.9. The van der Waals surface area contributed by atoms with Gasteiger partial charge in [-0.1, -0.05) is 92.1 Å². The van der Waals surface area contributed by atoms with E-state index in [2.05, 4.69) is 67.8 Å². The molecule has 186 valence electrons. The summed E-state index contributed by atoms with van der Waals surface area (Å²) in [6.07, 6.45) is 16.8. The van der Waals surface area contributed by atoms with E-state index < -0.39 is 0 Å². The lowest BCUT2D eigenvalue weighted by Gasteiger charge is -2.42. The quantitative estimate of drug-likeness (QED) is 0.201. The summed E-state index contributed by atoms with van der Waals surface area (Å²) in [6, 6.07) is 5.12. The van der Waals surface area contributed by atoms with Crippen LogP contribution in [0.15, 0.2) is 12.1 Å². The number of hydrogen-bond donors (Lipinski definition) is 0. The standard InChI is InChI=1S/C30H54N.ClH/c1-9-10-11-12-13-14-15-16-17-18-21-31(7,8)24-26-23-28-27(22-25(26)2)29(3,4)19-20-30(28,5)6;/h22-23H,9-21,24H2,1-8H3;1H/q+1;. The van der Waals surface area contributed by atoms with Crippen LogP contribution in [0.5, 0.6) is 0 Å². The molecular formula is C30H55ClN+. The maximum Gasteiger partial charge on any atom is 0.104 e. The second kappa shape index (κ2) is 12.8. The van der Waals surface area contributed by atoms with Crippen LogP contribution in [0, 0.1) is 6.92 Å². The van der Waals surface area contributed by atoms with Crippen LogP contribution in [0.4, 0.5) is 0 Å². The van der Waals surface area contributed by atoms with Gasteiger partial charge in [-0.25, -0.2) is 0 Å². The van der Waals surface area contributed by atoms with E-state index in [-0.39, 0.29) is 12.4 Å². The predicted octanol–water partition coefficient (Wildman–Crippen LogP) is 9.26. The molecule has 2 heteroatoms. The summed E-state index contributed by atoms with van der Waals surface area (Å²) < 4.78 is 1.11. The smallest absolute Gasteiger partial charge is 0.104 e. The predicted molar refractivity (Wildman–Crippen MR) is 146 cm³/mol. The fourth-order valence-corrected chi connectivity index (χ4v) is 5.50. The van der Waals surface area contributed by atoms with Gasteiger partial charge in [0.1, 0.15) is 6.54 Å². The van der Waals surface area contributed by atoms with Crippen molar-refractivity contribution in [2.24, 2.45) is 0 Å². The Kier molecular flexibility index (Phi) is 11.8. The lowest BCUT2D eigenvalue weighted by Crippen LogP contribution is -2.40. The highest BCUT2D eigenvalue weighted by Crippen LogP contribution is 2.46. The number of unbranched alkanes of at least 4 members (excludes halogenated alkanes) is 9. The maximum atomic E-state index is 2.59. The number of quaternary nitrogens is 1. The van der Waals surface area contributed by atoms with Gasteiger partial charge in [0, 0.05) is 5.56 Å². The highest BCUT2D eigenvalue weighted by molar-refractivity contribution is 5.85. The highest BCUT2D eigenvalue weighted by Gasteiger charge is 2.37. The fourth-order valence-electron chi connectivity index (χ4n) is 5.50. The number of hydrogen-bond acceptors (Lipinski definition) is 0. The van der Waals surface area contributed by atoms with Gasteiger partial charge in [-0.05, 0) is 66.2 Å². The number of rotatable bonds is 13. The third kappa shape index (κ3) is 8.68. The molecule has 0 saturated heterocycles. The molecule has 1 nitrogen and oxygen atoms in total. The van der Waals surface area contributed by atoms with Crippen LogP contribution >= 0.6 is 12.4 Å². The van der Waals surface area contributed by atoms with Crippen LogP contribution in [-0.2, 0) is 17.4 Å². The van der Waals surface area contributed by atoms with E-state index in [1.165, 1.54) is 89.2 Å². The molecule has 0 fully saturated rings. The van der Waals surface area contributed by atoms with E-state index in [0.29, 0.717) is 10.8 Å². The van der Waals surface area contributed by atoms with E-state index >= 15 is 0 Å². The van der Waals surface area contributed by atoms with Crippen LogP contribution < -0.4 is 0 Å². The minimum atomic E-state index is 0. The maximum absolute atomic E-state index is 2.59. The molecule has 1 aliphatic rings. The lowest BCUT2D eigenvalue weighted by atomic mass is 9.62. The summed E-state index contributed by atoms with van der Waals surface area (Å²) >= 11 is 0. The van der Waals surface area contributed by atoms with Gasteiger partial charge < -0.3 is 4.48 Å². The number of fused-ring (bicyclic) bond motifs is 1. The molecule has 0 aliphatic heterocycles. The first-order valence-corrected chi connectivity index (χ1v) is 13.4. The van der Waals surface area contributed by atoms with Crippen molar-refractivity contribution >= 4 is 12.4 Å². The average Bonchev–Trinajstić information content (AvgIpc) is 2.68. The molecule has 2 rings (SSSR count). The Bertz CT molecular complexity index is 686. The van der Waals surface area contributed by atoms with E-state index in [0.717, 1.165) is 11.0 Å². The van der Waals surface area contributed by atoms with Gasteiger partial charge in [-0.2, -0.15) is 0 Å². The van der Waals surface area contributed by atoms with Gasteiger partial charge in [0.15, 0.2) is 0 Å². The Balaban J connectivity index is 0.00000512. The van der Waals surface area contributed by atoms with E-state index in [9.17, 15) is 0 Å². The Hall–Kier alpha value is -0.530. The van der Waals surface area contributed by atoms with E-state index in [4.69, 9.17) is 0 Å². The van der Waals surface area contributed by atoms with E-state index in [1.807, 2.05) is 0 Å². The van der Waals surface area contributed by atoms with Crippen LogP contribution in [0.3, 0.4) is 0 Å². The molecule has 1 aromatic rings. The van der Waals surface area contributed by atoms with Gasteiger partial charge in [0.2, 0.25) is 0 Å². The van der Waals surface area contributed by atoms with Gasteiger partial charge in [-0.3, -0.25) is 0 Å². The summed E-state index contributed by atoms with van der Waals surface area (Å²) in [5.74, 6) is 0. The van der Waals surface area contributed by atoms with Crippen molar-refractivity contribution in [1.29, 1.82) is 0 Å². The Labute approximate surface area is 207 Å². The monoisotopic (exact) mass is 464 g/mol. The van der Waals surface area contributed by atoms with Gasteiger partial charge in [0.05, 0.1) is 20.6 Å². The summed E-state index contributed by atoms with van der Waals surface area (Å²) in [5, 5.41) is 0. The largest absolute Gasteiger partial charge is 0.325 e. The summed E-state index contributed by atoms with van der Waals surface area (Å²) in [4.78, 5) is 0. The minimum Gasteiger partial charge on any atom is -0.325 e. The summed E-state index contributed by atoms with van der Waals surface area (Å²) in [7, 11) is 4.86. The normalized spacial score (nSPS) is 17.0. The number of benzene rings is 1. The SMILES string of the molecule is CCCCCCCCCCCC[N+](C)(C)Cc1cc2c(cc1C)C(C)(C)CCC2(C)C.Cl. The van der Waals surface area contributed by atoms with Crippen molar-refractivity contribution in [3.63, 3.8) is 0 Å². The zero-order valence-electron chi connectivity index (χ0n) is 22.9. The molecule has 0 N–H and O–H groups in total. The van der Waals surface area contributed by atoms with Crippen molar-refractivity contribution in [1.82, 2.24) is 0 Å². The number of aryl methyl sites for hydroxylation is 1. The molecule has 0 heterocycles. The first-order chi connectivity index (χ1) is 14.5. The van der Waals surface area contributed by atoms with Crippen LogP contribution in [0.25, 0.3) is 0 Å². The minimum absolute atomic E-state index is 0. The third-order valence-electron chi connectivity index (χ3n) is 8.02. The molecule has 32 heavy (non-hydrogen) atoms. The third-order valence-corrected chi connectivity index (χ3v) is 8.02. The van der Waals surface area contributed by atoms with E-state index in [1.54, 1.807) is 16.7 Å². The Morgan fingerprint density at radius 3 is 1.66 bits per heavy atom. The van der Waals surface area contributed by atoms with Crippen molar-refractivity contribution in [2.75, 3.05) is 20.6 Å². The highest BCUT2D eigenvalue weighted by atomic mass is 35.5. The number of halogens is 1. The molecule has 0 spiro atoms. The number of nitrogens with zero attached hydrogens (tertiary/aromatic N) is 1. The molecule has 0 radical (unpaired) electrons. The van der Waals surface area contributed by atoms with Gasteiger partial charge >= 0.3 is 0 Å². The molecule has 1 aliphatic carbocycles. The Morgan fingerprint density at radius 1 is 0.719 bits per heavy atom. The zero-order chi connectivity index (χ0) is 23.1. The summed E-state index contributed by atoms with van der Waals surface area (Å²) in [5.41, 5.74) is 6.91. The molecule has 0 aromatic heterocycles. The van der Waals surface area contributed by atoms with Crippen molar-refractivity contribution in [3.05, 3.63) is 34.4 Å². The van der Waals surface area contributed by atoms with Crippen LogP contribution in [0.2, 0.25) is 0 Å². The second-order valence-electron chi connectivity index (χ2n) is 12.6. The molecule has 0 saturated carbocycles. The Morgan fingerprint density at radius 2 is 1.16 bits per heavy atom. The van der Waals surface area contributed by atoms with Crippen molar-refractivity contribution in [2.45, 2.75) is 136 Å². The van der Waals surface area contributed by atoms with Gasteiger partial charge in [0.25, 0.3) is 0 Å². The van der Waals surface area contributed by atoms with Crippen LogP contribution in [-0.4, -0.2) is 25.1 Å². The zero-order valence-corrected chi connectivity index (χ0v) is 23.7. The molecule has 1 aromatic carbocycles. The average molecular weight is 465 g/mol. The molecule has 0 unspecified atom stereocenters. The molecule has 0 atom stereocenters. The lowest BCUT2D eigenvalue weighted by molar-refractivity contribution is -0.903. The molecule has 0 bridgehead atoms. The van der Waals surface area contributed by atoms with Crippen LogP contribution in [0.1, 0.15) is 134 Å². The first kappa shape index (κ1) is 29.5. The van der Waals surface area contributed by atoms with Gasteiger partial charge in [-0.15, -0.1) is 12.4 Å². The van der Waals surface area contributed by atoms with Crippen molar-refractivity contribution in [3.8, 4) is 0 Å². The molecule has 0 amide bonds. The second-order valence-corrected chi connectivity index (χ2v) is 12.6. The van der Waals surface area contributed by atoms with Crippen molar-refractivity contribution < 1.29 is 4.48 Å². The topological polar surface area (TPSA) is 0 Å². The first-order valence-electron chi connectivity index (χ1n) is 13.4.